The number of anilines is 1. The van der Waals surface area contributed by atoms with Gasteiger partial charge < -0.3 is 5.32 Å². The second-order valence-corrected chi connectivity index (χ2v) is 7.95. The van der Waals surface area contributed by atoms with Crippen molar-refractivity contribution in [3.8, 4) is 11.4 Å². The van der Waals surface area contributed by atoms with E-state index in [-0.39, 0.29) is 25.2 Å². The zero-order valence-corrected chi connectivity index (χ0v) is 16.7. The standard InChI is InChI=1S/C18H19F2N7OS/c1-10-21-17(29-25-10)22-16(28)14(13-7-8-18(19,20)9-13)11-3-5-12(6-4-11)15-23-26-27(2)24-15/h3-6,13-14H,7-9H2,1-2H3,(H,21,22,25,28)/t13-,14+/m0/s1. The number of amides is 1. The van der Waals surface area contributed by atoms with Crippen molar-refractivity contribution in [2.24, 2.45) is 13.0 Å². The van der Waals surface area contributed by atoms with Gasteiger partial charge in [0, 0.05) is 29.9 Å². The van der Waals surface area contributed by atoms with Crippen molar-refractivity contribution in [3.05, 3.63) is 35.7 Å². The third-order valence-corrected chi connectivity index (χ3v) is 5.71. The molecular weight excluding hydrogens is 400 g/mol. The van der Waals surface area contributed by atoms with Crippen molar-refractivity contribution in [1.82, 2.24) is 29.6 Å². The average molecular weight is 419 g/mol. The molecule has 29 heavy (non-hydrogen) atoms. The molecule has 0 bridgehead atoms. The van der Waals surface area contributed by atoms with Gasteiger partial charge in [-0.25, -0.2) is 13.8 Å². The van der Waals surface area contributed by atoms with Crippen molar-refractivity contribution in [1.29, 1.82) is 0 Å². The van der Waals surface area contributed by atoms with Crippen LogP contribution in [0.25, 0.3) is 11.4 Å². The maximum absolute atomic E-state index is 13.9. The van der Waals surface area contributed by atoms with Crippen LogP contribution < -0.4 is 5.32 Å². The maximum atomic E-state index is 13.9. The summed E-state index contributed by atoms with van der Waals surface area (Å²) < 4.78 is 31.8. The summed E-state index contributed by atoms with van der Waals surface area (Å²) >= 11 is 1.07. The number of hydrogen-bond donors (Lipinski definition) is 1. The van der Waals surface area contributed by atoms with Crippen LogP contribution in [0.3, 0.4) is 0 Å². The van der Waals surface area contributed by atoms with Gasteiger partial charge in [0.25, 0.3) is 0 Å². The highest BCUT2D eigenvalue weighted by atomic mass is 32.1. The molecule has 1 amide bonds. The zero-order chi connectivity index (χ0) is 20.6. The second-order valence-electron chi connectivity index (χ2n) is 7.20. The number of carbonyl (C=O) groups excluding carboxylic acids is 1. The molecule has 152 valence electrons. The van der Waals surface area contributed by atoms with Crippen molar-refractivity contribution in [2.75, 3.05) is 5.32 Å². The van der Waals surface area contributed by atoms with Gasteiger partial charge in [-0.3, -0.25) is 4.79 Å². The molecule has 2 aromatic heterocycles. The van der Waals surface area contributed by atoms with Gasteiger partial charge in [0.2, 0.25) is 22.8 Å². The van der Waals surface area contributed by atoms with Crippen LogP contribution in [0.4, 0.5) is 13.9 Å². The van der Waals surface area contributed by atoms with Crippen molar-refractivity contribution in [3.63, 3.8) is 0 Å². The van der Waals surface area contributed by atoms with E-state index in [4.69, 9.17) is 0 Å². The van der Waals surface area contributed by atoms with Crippen LogP contribution in [0.1, 0.15) is 36.6 Å². The van der Waals surface area contributed by atoms with Crippen molar-refractivity contribution >= 4 is 22.6 Å². The van der Waals surface area contributed by atoms with Crippen LogP contribution >= 0.6 is 11.5 Å². The first kappa shape index (κ1) is 19.5. The fourth-order valence-electron chi connectivity index (χ4n) is 3.68. The number of nitrogens with zero attached hydrogens (tertiary/aromatic N) is 6. The number of benzene rings is 1. The number of aromatic nitrogens is 6. The predicted octanol–water partition coefficient (Wildman–Crippen LogP) is 3.19. The molecule has 0 unspecified atom stereocenters. The third kappa shape index (κ3) is 4.29. The first-order chi connectivity index (χ1) is 13.8. The van der Waals surface area contributed by atoms with E-state index in [1.54, 1.807) is 38.2 Å². The fourth-order valence-corrected chi connectivity index (χ4v) is 4.26. The molecule has 0 spiro atoms. The Kier molecular flexibility index (Phi) is 5.07. The van der Waals surface area contributed by atoms with Crippen LogP contribution in [-0.4, -0.2) is 41.4 Å². The Bertz CT molecular complexity index is 1020. The minimum Gasteiger partial charge on any atom is -0.300 e. The van der Waals surface area contributed by atoms with Crippen LogP contribution in [0, 0.1) is 12.8 Å². The molecular formula is C18H19F2N7OS. The van der Waals surface area contributed by atoms with Gasteiger partial charge in [0.05, 0.1) is 13.0 Å². The lowest BCUT2D eigenvalue weighted by Crippen LogP contribution is -2.27. The normalized spacial score (nSPS) is 19.2. The minimum atomic E-state index is -2.74. The van der Waals surface area contributed by atoms with E-state index in [0.29, 0.717) is 22.3 Å². The number of hydrogen-bond acceptors (Lipinski definition) is 7. The summed E-state index contributed by atoms with van der Waals surface area (Å²) in [4.78, 5) is 18.5. The summed E-state index contributed by atoms with van der Waals surface area (Å²) in [5.74, 6) is -3.26. The molecule has 1 aliphatic rings. The Morgan fingerprint density at radius 1 is 1.34 bits per heavy atom. The van der Waals surface area contributed by atoms with E-state index >= 15 is 0 Å². The summed E-state index contributed by atoms with van der Waals surface area (Å²) in [5, 5.41) is 15.0. The van der Waals surface area contributed by atoms with Gasteiger partial charge in [-0.1, -0.05) is 24.3 Å². The summed E-state index contributed by atoms with van der Waals surface area (Å²) in [6, 6.07) is 7.07. The lowest BCUT2D eigenvalue weighted by molar-refractivity contribution is -0.118. The topological polar surface area (TPSA) is 98.5 Å². The van der Waals surface area contributed by atoms with Gasteiger partial charge in [-0.2, -0.15) is 9.17 Å². The molecule has 3 aromatic rings. The number of aryl methyl sites for hydroxylation is 2. The molecule has 2 heterocycles. The molecule has 0 saturated heterocycles. The number of carbonyl (C=O) groups is 1. The second kappa shape index (κ2) is 7.54. The molecule has 2 atom stereocenters. The molecule has 1 fully saturated rings. The number of nitrogens with one attached hydrogen (secondary N) is 1. The van der Waals surface area contributed by atoms with E-state index in [1.807, 2.05) is 0 Å². The van der Waals surface area contributed by atoms with Crippen LogP contribution in [0.15, 0.2) is 24.3 Å². The Labute approximate surface area is 169 Å². The SMILES string of the molecule is Cc1nsc(NC(=O)[C@H](c2ccc(-c3nnn(C)n3)cc2)[C@H]2CCC(F)(F)C2)n1. The quantitative estimate of drug-likeness (QED) is 0.682. The number of alkyl halides is 2. The van der Waals surface area contributed by atoms with Crippen LogP contribution in [0.5, 0.6) is 0 Å². The monoisotopic (exact) mass is 419 g/mol. The van der Waals surface area contributed by atoms with Gasteiger partial charge >= 0.3 is 0 Å². The van der Waals surface area contributed by atoms with Gasteiger partial charge in [0.15, 0.2) is 0 Å². The predicted molar refractivity (Wildman–Crippen MR) is 103 cm³/mol. The van der Waals surface area contributed by atoms with E-state index in [1.165, 1.54) is 4.80 Å². The smallest absolute Gasteiger partial charge is 0.248 e. The van der Waals surface area contributed by atoms with Crippen LogP contribution in [-0.2, 0) is 11.8 Å². The van der Waals surface area contributed by atoms with Crippen molar-refractivity contribution in [2.45, 2.75) is 38.0 Å². The molecule has 1 aliphatic carbocycles. The Balaban J connectivity index is 1.61. The van der Waals surface area contributed by atoms with E-state index in [2.05, 4.69) is 30.1 Å². The first-order valence-corrected chi connectivity index (χ1v) is 9.91. The Morgan fingerprint density at radius 3 is 2.66 bits per heavy atom. The largest absolute Gasteiger partial charge is 0.300 e. The molecule has 0 radical (unpaired) electrons. The molecule has 1 aromatic carbocycles. The van der Waals surface area contributed by atoms with Gasteiger partial charge in [0.1, 0.15) is 5.82 Å². The van der Waals surface area contributed by atoms with Crippen LogP contribution in [0.2, 0.25) is 0 Å². The number of tetrazole rings is 1. The molecule has 0 aliphatic heterocycles. The minimum absolute atomic E-state index is 0.207. The van der Waals surface area contributed by atoms with E-state index in [9.17, 15) is 13.6 Å². The lowest BCUT2D eigenvalue weighted by atomic mass is 9.83. The van der Waals surface area contributed by atoms with Crippen molar-refractivity contribution < 1.29 is 13.6 Å². The average Bonchev–Trinajstić information content (AvgIpc) is 3.37. The van der Waals surface area contributed by atoms with Gasteiger partial charge in [-0.05, 0) is 30.0 Å². The summed E-state index contributed by atoms with van der Waals surface area (Å²) in [5.41, 5.74) is 1.40. The summed E-state index contributed by atoms with van der Waals surface area (Å²) in [7, 11) is 1.67. The molecule has 1 saturated carbocycles. The highest BCUT2D eigenvalue weighted by Gasteiger charge is 2.45. The van der Waals surface area contributed by atoms with E-state index in [0.717, 1.165) is 17.1 Å². The summed E-state index contributed by atoms with van der Waals surface area (Å²) in [6.07, 6.45) is -0.234. The van der Waals surface area contributed by atoms with Gasteiger partial charge in [-0.15, -0.1) is 10.2 Å². The first-order valence-electron chi connectivity index (χ1n) is 9.14. The Hall–Kier alpha value is -2.82. The number of rotatable bonds is 5. The lowest BCUT2D eigenvalue weighted by Gasteiger charge is -2.23. The molecule has 8 nitrogen and oxygen atoms in total. The highest BCUT2D eigenvalue weighted by Crippen LogP contribution is 2.46. The zero-order valence-electron chi connectivity index (χ0n) is 15.8. The highest BCUT2D eigenvalue weighted by molar-refractivity contribution is 7.09. The molecule has 4 rings (SSSR count). The molecule has 11 heteroatoms. The third-order valence-electron chi connectivity index (χ3n) is 4.99. The fraction of sp³-hybridized carbons (Fsp3) is 0.444. The Morgan fingerprint density at radius 2 is 2.10 bits per heavy atom. The molecule has 1 N–H and O–H groups in total. The summed E-state index contributed by atoms with van der Waals surface area (Å²) in [6.45, 7) is 1.72. The maximum Gasteiger partial charge on any atom is 0.248 e. The number of halogens is 2. The van der Waals surface area contributed by atoms with E-state index < -0.39 is 17.8 Å².